The van der Waals surface area contributed by atoms with Crippen LogP contribution < -0.4 is 4.74 Å². The Hall–Kier alpha value is -1.09. The molecule has 0 atom stereocenters. The summed E-state index contributed by atoms with van der Waals surface area (Å²) in [5.41, 5.74) is 1.01. The summed E-state index contributed by atoms with van der Waals surface area (Å²) in [6, 6.07) is 7.99. The van der Waals surface area contributed by atoms with Gasteiger partial charge in [-0.15, -0.1) is 0 Å². The maximum Gasteiger partial charge on any atom is 0.274 e. The summed E-state index contributed by atoms with van der Waals surface area (Å²) >= 11 is 1.56. The van der Waals surface area contributed by atoms with Gasteiger partial charge in [-0.25, -0.2) is 4.98 Å². The van der Waals surface area contributed by atoms with Gasteiger partial charge >= 0.3 is 0 Å². The molecule has 0 spiro atoms. The number of para-hydroxylation sites is 1. The Bertz CT molecular complexity index is 336. The van der Waals surface area contributed by atoms with E-state index in [1.165, 1.54) is 4.70 Å². The van der Waals surface area contributed by atoms with E-state index in [0.29, 0.717) is 0 Å². The molecule has 0 aliphatic carbocycles. The summed E-state index contributed by atoms with van der Waals surface area (Å²) in [4.78, 5) is 4.23. The molecule has 0 bridgehead atoms. The van der Waals surface area contributed by atoms with Crippen molar-refractivity contribution in [3.63, 3.8) is 0 Å². The molecule has 0 aliphatic heterocycles. The van der Waals surface area contributed by atoms with E-state index >= 15 is 0 Å². The molecule has 11 heavy (non-hydrogen) atoms. The van der Waals surface area contributed by atoms with Crippen LogP contribution in [0.25, 0.3) is 10.2 Å². The smallest absolute Gasteiger partial charge is 0.274 e. The summed E-state index contributed by atoms with van der Waals surface area (Å²) in [6.07, 6.45) is 0. The average molecular weight is 165 g/mol. The van der Waals surface area contributed by atoms with Crippen LogP contribution in [0.1, 0.15) is 0 Å². The highest BCUT2D eigenvalue weighted by Crippen LogP contribution is 2.26. The molecule has 56 valence electrons. The number of nitrogens with zero attached hydrogens (tertiary/aromatic N) is 1. The predicted octanol–water partition coefficient (Wildman–Crippen LogP) is 2.30. The van der Waals surface area contributed by atoms with Gasteiger partial charge in [0.1, 0.15) is 0 Å². The van der Waals surface area contributed by atoms with Crippen molar-refractivity contribution in [2.45, 2.75) is 0 Å². The summed E-state index contributed by atoms with van der Waals surface area (Å²) in [6.45, 7) is 0. The second kappa shape index (κ2) is 2.51. The number of fused-ring (bicyclic) bond motifs is 1. The molecule has 2 nitrogen and oxygen atoms in total. The van der Waals surface area contributed by atoms with Crippen LogP contribution in [0.3, 0.4) is 0 Å². The number of aromatic nitrogens is 1. The number of rotatable bonds is 1. The Kier molecular flexibility index (Phi) is 1.51. The number of hydrogen-bond donors (Lipinski definition) is 0. The lowest BCUT2D eigenvalue weighted by Crippen LogP contribution is -1.77. The van der Waals surface area contributed by atoms with Crippen molar-refractivity contribution in [1.82, 2.24) is 4.98 Å². The second-order valence-electron chi connectivity index (χ2n) is 2.15. The Morgan fingerprint density at radius 3 is 2.91 bits per heavy atom. The van der Waals surface area contributed by atoms with E-state index in [2.05, 4.69) is 4.98 Å². The Labute approximate surface area is 68.5 Å². The first-order valence-corrected chi connectivity index (χ1v) is 4.11. The van der Waals surface area contributed by atoms with Crippen molar-refractivity contribution in [2.24, 2.45) is 0 Å². The lowest BCUT2D eigenvalue weighted by molar-refractivity contribution is 0.413. The summed E-state index contributed by atoms with van der Waals surface area (Å²) < 4.78 is 6.18. The summed E-state index contributed by atoms with van der Waals surface area (Å²) in [5, 5.41) is 0.728. The van der Waals surface area contributed by atoms with Gasteiger partial charge in [-0.05, 0) is 12.1 Å². The van der Waals surface area contributed by atoms with E-state index in [4.69, 9.17) is 4.74 Å². The molecule has 1 aromatic carbocycles. The minimum atomic E-state index is 0.728. The fourth-order valence-corrected chi connectivity index (χ4v) is 1.72. The molecule has 3 heteroatoms. The van der Waals surface area contributed by atoms with Gasteiger partial charge in [0.2, 0.25) is 0 Å². The minimum absolute atomic E-state index is 0.728. The molecule has 2 rings (SSSR count). The maximum absolute atomic E-state index is 5.01. The van der Waals surface area contributed by atoms with Crippen molar-refractivity contribution in [3.8, 4) is 5.19 Å². The van der Waals surface area contributed by atoms with Crippen LogP contribution in [0.4, 0.5) is 0 Å². The summed E-state index contributed by atoms with van der Waals surface area (Å²) in [5.74, 6) is 0. The van der Waals surface area contributed by atoms with Gasteiger partial charge in [0, 0.05) is 0 Å². The Morgan fingerprint density at radius 2 is 2.18 bits per heavy atom. The number of hydrogen-bond acceptors (Lipinski definition) is 3. The molecule has 0 radical (unpaired) electrons. The number of ether oxygens (including phenoxy) is 1. The van der Waals surface area contributed by atoms with Crippen LogP contribution in [0.15, 0.2) is 24.3 Å². The molecule has 0 unspecified atom stereocenters. The molecule has 0 saturated heterocycles. The quantitative estimate of drug-likeness (QED) is 0.646. The predicted molar refractivity (Wildman–Crippen MR) is 46.2 cm³/mol. The largest absolute Gasteiger partial charge is 0.473 e. The van der Waals surface area contributed by atoms with Crippen molar-refractivity contribution >= 4 is 21.6 Å². The number of thiazole rings is 1. The molecule has 0 amide bonds. The number of benzene rings is 1. The van der Waals surface area contributed by atoms with Gasteiger partial charge in [0.25, 0.3) is 5.19 Å². The highest BCUT2D eigenvalue weighted by molar-refractivity contribution is 7.20. The van der Waals surface area contributed by atoms with Crippen LogP contribution >= 0.6 is 11.3 Å². The molecular weight excluding hydrogens is 158 g/mol. The number of methoxy groups -OCH3 is 1. The zero-order valence-corrected chi connectivity index (χ0v) is 6.89. The van der Waals surface area contributed by atoms with Crippen molar-refractivity contribution in [3.05, 3.63) is 24.3 Å². The van der Waals surface area contributed by atoms with Crippen LogP contribution in [0.5, 0.6) is 5.19 Å². The van der Waals surface area contributed by atoms with Crippen LogP contribution in [-0.4, -0.2) is 12.1 Å². The zero-order valence-electron chi connectivity index (χ0n) is 6.07. The van der Waals surface area contributed by atoms with Gasteiger partial charge < -0.3 is 4.74 Å². The topological polar surface area (TPSA) is 22.1 Å². The molecular formula is C8H7NOS. The Balaban J connectivity index is 2.69. The van der Waals surface area contributed by atoms with E-state index < -0.39 is 0 Å². The van der Waals surface area contributed by atoms with Gasteiger partial charge in [0.15, 0.2) is 0 Å². The molecule has 2 aromatic rings. The van der Waals surface area contributed by atoms with Gasteiger partial charge in [0.05, 0.1) is 17.3 Å². The third-order valence-corrected chi connectivity index (χ3v) is 2.45. The first-order chi connectivity index (χ1) is 5.40. The van der Waals surface area contributed by atoms with Gasteiger partial charge in [-0.1, -0.05) is 23.5 Å². The molecule has 1 aromatic heterocycles. The molecule has 0 aliphatic rings. The third kappa shape index (κ3) is 1.07. The second-order valence-corrected chi connectivity index (χ2v) is 3.14. The minimum Gasteiger partial charge on any atom is -0.473 e. The van der Waals surface area contributed by atoms with Crippen molar-refractivity contribution < 1.29 is 4.74 Å². The van der Waals surface area contributed by atoms with E-state index in [1.807, 2.05) is 24.3 Å². The monoisotopic (exact) mass is 165 g/mol. The van der Waals surface area contributed by atoms with E-state index in [-0.39, 0.29) is 0 Å². The molecule has 0 fully saturated rings. The van der Waals surface area contributed by atoms with Crippen LogP contribution in [0, 0.1) is 0 Å². The SMILES string of the molecule is COc1nc2ccccc2s1. The normalized spacial score (nSPS) is 10.3. The maximum atomic E-state index is 5.01. The molecule has 0 saturated carbocycles. The van der Waals surface area contributed by atoms with Crippen LogP contribution in [-0.2, 0) is 0 Å². The van der Waals surface area contributed by atoms with E-state index in [9.17, 15) is 0 Å². The fourth-order valence-electron chi connectivity index (χ4n) is 0.938. The Morgan fingerprint density at radius 1 is 1.36 bits per heavy atom. The first kappa shape index (κ1) is 6.61. The third-order valence-electron chi connectivity index (χ3n) is 1.45. The van der Waals surface area contributed by atoms with Crippen molar-refractivity contribution in [1.29, 1.82) is 0 Å². The van der Waals surface area contributed by atoms with Gasteiger partial charge in [-0.3, -0.25) is 0 Å². The summed E-state index contributed by atoms with van der Waals surface area (Å²) in [7, 11) is 1.64. The highest BCUT2D eigenvalue weighted by atomic mass is 32.1. The lowest BCUT2D eigenvalue weighted by Gasteiger charge is -1.84. The standard InChI is InChI=1S/C8H7NOS/c1-10-8-9-6-4-2-3-5-7(6)11-8/h2-5H,1H3. The van der Waals surface area contributed by atoms with E-state index in [1.54, 1.807) is 18.4 Å². The zero-order chi connectivity index (χ0) is 7.68. The van der Waals surface area contributed by atoms with Crippen LogP contribution in [0.2, 0.25) is 0 Å². The average Bonchev–Trinajstić information content (AvgIpc) is 2.46. The van der Waals surface area contributed by atoms with Crippen molar-refractivity contribution in [2.75, 3.05) is 7.11 Å². The molecule has 0 N–H and O–H groups in total. The fraction of sp³-hybridized carbons (Fsp3) is 0.125. The molecule has 1 heterocycles. The highest BCUT2D eigenvalue weighted by Gasteiger charge is 2.00. The first-order valence-electron chi connectivity index (χ1n) is 3.30. The van der Waals surface area contributed by atoms with E-state index in [0.717, 1.165) is 10.7 Å². The van der Waals surface area contributed by atoms with Gasteiger partial charge in [-0.2, -0.15) is 0 Å². The lowest BCUT2D eigenvalue weighted by atomic mass is 10.3.